The maximum Gasteiger partial charge on any atom is 0.0480 e. The van der Waals surface area contributed by atoms with Crippen molar-refractivity contribution in [1.29, 1.82) is 0 Å². The lowest BCUT2D eigenvalue weighted by atomic mass is 10.0. The molecule has 0 amide bonds. The fraction of sp³-hybridized carbons (Fsp3) is 0.500. The maximum absolute atomic E-state index is 6.03. The summed E-state index contributed by atoms with van der Waals surface area (Å²) < 4.78 is 2.29. The van der Waals surface area contributed by atoms with E-state index in [1.807, 2.05) is 6.07 Å². The van der Waals surface area contributed by atoms with Crippen molar-refractivity contribution < 1.29 is 0 Å². The summed E-state index contributed by atoms with van der Waals surface area (Å²) >= 11 is 6.03. The Morgan fingerprint density at radius 3 is 2.67 bits per heavy atom. The zero-order valence-corrected chi connectivity index (χ0v) is 12.3. The Hall–Kier alpha value is -0.950. The van der Waals surface area contributed by atoms with Gasteiger partial charge in [0.05, 0.1) is 0 Å². The summed E-state index contributed by atoms with van der Waals surface area (Å²) in [6.45, 7) is 4.58. The number of aryl methyl sites for hydroxylation is 2. The van der Waals surface area contributed by atoms with Crippen molar-refractivity contribution in [3.63, 3.8) is 0 Å². The molecule has 2 rings (SSSR count). The Bertz CT molecular complexity index is 525. The number of nitrogens with zero attached hydrogens (tertiary/aromatic N) is 1. The molecular formula is C16H22ClN. The van der Waals surface area contributed by atoms with Gasteiger partial charge in [-0.15, -0.1) is 0 Å². The molecule has 2 heteroatoms. The minimum absolute atomic E-state index is 0.816. The van der Waals surface area contributed by atoms with Crippen LogP contribution in [0.25, 0.3) is 10.9 Å². The molecule has 98 valence electrons. The molecule has 2 aromatic rings. The van der Waals surface area contributed by atoms with Crippen molar-refractivity contribution in [3.8, 4) is 0 Å². The van der Waals surface area contributed by atoms with Crippen LogP contribution >= 0.6 is 11.6 Å². The average molecular weight is 264 g/mol. The second-order valence-electron chi connectivity index (χ2n) is 5.54. The molecule has 1 aromatic heterocycles. The monoisotopic (exact) mass is 263 g/mol. The van der Waals surface area contributed by atoms with E-state index in [9.17, 15) is 0 Å². The molecule has 0 spiro atoms. The topological polar surface area (TPSA) is 4.93 Å². The van der Waals surface area contributed by atoms with E-state index in [1.54, 1.807) is 0 Å². The summed E-state index contributed by atoms with van der Waals surface area (Å²) in [7, 11) is 2.15. The molecule has 1 nitrogen and oxygen atoms in total. The van der Waals surface area contributed by atoms with Gasteiger partial charge in [0.1, 0.15) is 0 Å². The predicted octanol–water partition coefficient (Wildman–Crippen LogP) is 5.20. The number of aromatic nitrogens is 1. The highest BCUT2D eigenvalue weighted by molar-refractivity contribution is 6.31. The number of benzene rings is 1. The third-order valence-corrected chi connectivity index (χ3v) is 3.80. The first-order valence-corrected chi connectivity index (χ1v) is 7.19. The smallest absolute Gasteiger partial charge is 0.0480 e. The minimum Gasteiger partial charge on any atom is -0.348 e. The van der Waals surface area contributed by atoms with E-state index in [-0.39, 0.29) is 0 Å². The second-order valence-corrected chi connectivity index (χ2v) is 5.97. The molecule has 0 radical (unpaired) electrons. The number of fused-ring (bicyclic) bond motifs is 1. The van der Waals surface area contributed by atoms with Gasteiger partial charge in [-0.25, -0.2) is 0 Å². The van der Waals surface area contributed by atoms with Crippen LogP contribution in [0.3, 0.4) is 0 Å². The van der Waals surface area contributed by atoms with Crippen molar-refractivity contribution in [3.05, 3.63) is 35.0 Å². The van der Waals surface area contributed by atoms with Gasteiger partial charge in [0, 0.05) is 28.7 Å². The molecule has 0 bridgehead atoms. The minimum atomic E-state index is 0.816. The quantitative estimate of drug-likeness (QED) is 0.654. The molecule has 0 atom stereocenters. The molecule has 18 heavy (non-hydrogen) atoms. The molecule has 1 aromatic carbocycles. The van der Waals surface area contributed by atoms with E-state index in [1.165, 1.54) is 35.9 Å². The van der Waals surface area contributed by atoms with Gasteiger partial charge in [-0.2, -0.15) is 0 Å². The standard InChI is InChI=1S/C16H22ClN/c1-12(2)6-4-5-7-15-11-13-10-14(17)8-9-16(13)18(15)3/h8-12H,4-7H2,1-3H3. The van der Waals surface area contributed by atoms with E-state index in [4.69, 9.17) is 11.6 Å². The molecule has 0 unspecified atom stereocenters. The number of unbranched alkanes of at least 4 members (excludes halogenated alkanes) is 1. The number of rotatable bonds is 5. The highest BCUT2D eigenvalue weighted by Gasteiger charge is 2.06. The van der Waals surface area contributed by atoms with E-state index < -0.39 is 0 Å². The van der Waals surface area contributed by atoms with E-state index >= 15 is 0 Å². The summed E-state index contributed by atoms with van der Waals surface area (Å²) in [5.41, 5.74) is 2.69. The van der Waals surface area contributed by atoms with Crippen LogP contribution in [0.1, 0.15) is 38.8 Å². The highest BCUT2D eigenvalue weighted by Crippen LogP contribution is 2.23. The van der Waals surface area contributed by atoms with E-state index in [2.05, 4.69) is 43.7 Å². The number of halogens is 1. The van der Waals surface area contributed by atoms with Crippen LogP contribution in [0.4, 0.5) is 0 Å². The molecular weight excluding hydrogens is 242 g/mol. The summed E-state index contributed by atoms with van der Waals surface area (Å²) in [6, 6.07) is 8.40. The Morgan fingerprint density at radius 2 is 1.94 bits per heavy atom. The molecule has 0 aliphatic heterocycles. The SMILES string of the molecule is CC(C)CCCCc1cc2cc(Cl)ccc2n1C. The van der Waals surface area contributed by atoms with Gasteiger partial charge in [0.2, 0.25) is 0 Å². The van der Waals surface area contributed by atoms with Crippen molar-refractivity contribution in [2.45, 2.75) is 39.5 Å². The molecule has 0 fully saturated rings. The molecule has 0 aliphatic carbocycles. The van der Waals surface area contributed by atoms with Crippen molar-refractivity contribution in [2.24, 2.45) is 13.0 Å². The lowest BCUT2D eigenvalue weighted by molar-refractivity contribution is 0.534. The Kier molecular flexibility index (Phi) is 4.34. The zero-order valence-electron chi connectivity index (χ0n) is 11.5. The van der Waals surface area contributed by atoms with E-state index in [0.717, 1.165) is 17.4 Å². The fourth-order valence-corrected chi connectivity index (χ4v) is 2.66. The van der Waals surface area contributed by atoms with Gasteiger partial charge >= 0.3 is 0 Å². The maximum atomic E-state index is 6.03. The Balaban J connectivity index is 2.07. The lowest BCUT2D eigenvalue weighted by Gasteiger charge is -2.06. The van der Waals surface area contributed by atoms with Crippen LogP contribution in [0.15, 0.2) is 24.3 Å². The first-order valence-electron chi connectivity index (χ1n) is 6.82. The van der Waals surface area contributed by atoms with Crippen molar-refractivity contribution >= 4 is 22.5 Å². The van der Waals surface area contributed by atoms with E-state index in [0.29, 0.717) is 0 Å². The van der Waals surface area contributed by atoms with Crippen molar-refractivity contribution in [1.82, 2.24) is 4.57 Å². The van der Waals surface area contributed by atoms with Gasteiger partial charge in [-0.3, -0.25) is 0 Å². The average Bonchev–Trinajstić information content (AvgIpc) is 2.61. The van der Waals surface area contributed by atoms with Gasteiger partial charge in [0.25, 0.3) is 0 Å². The summed E-state index contributed by atoms with van der Waals surface area (Å²) in [5, 5.41) is 2.07. The van der Waals surface area contributed by atoms with Crippen LogP contribution in [-0.4, -0.2) is 4.57 Å². The highest BCUT2D eigenvalue weighted by atomic mass is 35.5. The van der Waals surface area contributed by atoms with Crippen LogP contribution in [0.2, 0.25) is 5.02 Å². The number of hydrogen-bond acceptors (Lipinski definition) is 0. The van der Waals surface area contributed by atoms with Crippen LogP contribution < -0.4 is 0 Å². The summed E-state index contributed by atoms with van der Waals surface area (Å²) in [5.74, 6) is 0.816. The third-order valence-electron chi connectivity index (χ3n) is 3.57. The summed E-state index contributed by atoms with van der Waals surface area (Å²) in [6.07, 6.45) is 5.08. The largest absolute Gasteiger partial charge is 0.348 e. The molecule has 1 heterocycles. The van der Waals surface area contributed by atoms with Crippen LogP contribution in [0, 0.1) is 5.92 Å². The first kappa shape index (κ1) is 13.5. The fourth-order valence-electron chi connectivity index (χ4n) is 2.48. The molecule has 0 saturated heterocycles. The predicted molar refractivity (Wildman–Crippen MR) is 80.3 cm³/mol. The van der Waals surface area contributed by atoms with Gasteiger partial charge in [-0.1, -0.05) is 38.3 Å². The zero-order chi connectivity index (χ0) is 13.1. The third kappa shape index (κ3) is 3.08. The second kappa shape index (κ2) is 5.79. The lowest BCUT2D eigenvalue weighted by Crippen LogP contribution is -1.97. The van der Waals surface area contributed by atoms with Gasteiger partial charge in [0.15, 0.2) is 0 Å². The van der Waals surface area contributed by atoms with Crippen LogP contribution in [-0.2, 0) is 13.5 Å². The van der Waals surface area contributed by atoms with Crippen LogP contribution in [0.5, 0.6) is 0 Å². The van der Waals surface area contributed by atoms with Crippen molar-refractivity contribution in [2.75, 3.05) is 0 Å². The normalized spacial score (nSPS) is 11.6. The Labute approximate surface area is 115 Å². The molecule has 0 saturated carbocycles. The Morgan fingerprint density at radius 1 is 1.17 bits per heavy atom. The van der Waals surface area contributed by atoms with Gasteiger partial charge < -0.3 is 4.57 Å². The number of hydrogen-bond donors (Lipinski definition) is 0. The summed E-state index contributed by atoms with van der Waals surface area (Å²) in [4.78, 5) is 0. The van der Waals surface area contributed by atoms with Gasteiger partial charge in [-0.05, 0) is 43.0 Å². The molecule has 0 N–H and O–H groups in total. The first-order chi connectivity index (χ1) is 8.58. The molecule has 0 aliphatic rings.